The van der Waals surface area contributed by atoms with Crippen molar-refractivity contribution in [1.82, 2.24) is 0 Å². The number of allylic oxidation sites excluding steroid dienone is 3. The van der Waals surface area contributed by atoms with Gasteiger partial charge < -0.3 is 28.4 Å². The lowest BCUT2D eigenvalue weighted by atomic mass is 9.51. The predicted molar refractivity (Wildman–Crippen MR) is 132 cm³/mol. The molecule has 9 atom stereocenters. The fourth-order valence-corrected chi connectivity index (χ4v) is 7.32. The summed E-state index contributed by atoms with van der Waals surface area (Å²) in [6.07, 6.45) is 11.3. The first kappa shape index (κ1) is 25.0. The molecule has 2 aliphatic carbocycles. The molecule has 0 amide bonds. The molecule has 0 aromatic carbocycles. The van der Waals surface area contributed by atoms with E-state index < -0.39 is 40.8 Å². The average molecular weight is 513 g/mol. The molecule has 2 spiro atoms. The molecule has 3 saturated heterocycles. The van der Waals surface area contributed by atoms with Gasteiger partial charge in [0.25, 0.3) is 0 Å². The van der Waals surface area contributed by atoms with Crippen molar-refractivity contribution in [3.63, 3.8) is 0 Å². The summed E-state index contributed by atoms with van der Waals surface area (Å²) in [6, 6.07) is 0. The maximum Gasteiger partial charge on any atom is 0.331 e. The minimum atomic E-state index is -0.590. The van der Waals surface area contributed by atoms with Gasteiger partial charge in [0.1, 0.15) is 24.4 Å². The van der Waals surface area contributed by atoms with E-state index in [0.717, 1.165) is 18.4 Å². The molecular formula is C29H36O8. The van der Waals surface area contributed by atoms with E-state index >= 15 is 0 Å². The topological polar surface area (TPSA) is 92.8 Å². The van der Waals surface area contributed by atoms with Gasteiger partial charge in [0.2, 0.25) is 0 Å². The summed E-state index contributed by atoms with van der Waals surface area (Å²) in [5.41, 5.74) is 0.362. The Bertz CT molecular complexity index is 1100. The Morgan fingerprint density at radius 2 is 1.78 bits per heavy atom. The summed E-state index contributed by atoms with van der Waals surface area (Å²) in [5.74, 6) is -0.828. The number of esters is 2. The molecule has 8 nitrogen and oxygen atoms in total. The maximum atomic E-state index is 13.0. The van der Waals surface area contributed by atoms with Gasteiger partial charge in [-0.3, -0.25) is 0 Å². The second kappa shape index (κ2) is 8.90. The van der Waals surface area contributed by atoms with Gasteiger partial charge in [-0.15, -0.1) is 0 Å². The number of hydrogen-bond acceptors (Lipinski definition) is 8. The van der Waals surface area contributed by atoms with E-state index in [1.807, 2.05) is 19.9 Å². The number of epoxide rings is 1. The summed E-state index contributed by atoms with van der Waals surface area (Å²) < 4.78 is 36.8. The number of cyclic esters (lactones) is 1. The first-order chi connectivity index (χ1) is 17.7. The lowest BCUT2D eigenvalue weighted by Gasteiger charge is -2.58. The minimum absolute atomic E-state index is 0.147. The molecule has 6 aliphatic rings. The van der Waals surface area contributed by atoms with Crippen molar-refractivity contribution >= 4 is 11.9 Å². The molecule has 0 radical (unpaired) electrons. The molecule has 6 rings (SSSR count). The first-order valence-corrected chi connectivity index (χ1v) is 13.3. The molecule has 4 heterocycles. The van der Waals surface area contributed by atoms with Crippen LogP contribution in [0.1, 0.15) is 53.4 Å². The van der Waals surface area contributed by atoms with Crippen LogP contribution in [-0.2, 0) is 38.0 Å². The van der Waals surface area contributed by atoms with Crippen molar-refractivity contribution in [1.29, 1.82) is 0 Å². The second-order valence-electron chi connectivity index (χ2n) is 11.7. The second-order valence-corrected chi connectivity index (χ2v) is 11.7. The minimum Gasteiger partial charge on any atom is -0.462 e. The van der Waals surface area contributed by atoms with Crippen LogP contribution >= 0.6 is 0 Å². The largest absolute Gasteiger partial charge is 0.462 e. The van der Waals surface area contributed by atoms with Crippen LogP contribution in [0.15, 0.2) is 47.6 Å². The van der Waals surface area contributed by atoms with E-state index in [0.29, 0.717) is 19.4 Å². The summed E-state index contributed by atoms with van der Waals surface area (Å²) in [6.45, 7) is 8.77. The molecule has 4 unspecified atom stereocenters. The summed E-state index contributed by atoms with van der Waals surface area (Å²) in [7, 11) is 0. The van der Waals surface area contributed by atoms with E-state index in [2.05, 4.69) is 19.9 Å². The number of hydrogen-bond donors (Lipinski definition) is 0. The fraction of sp³-hybridized carbons (Fsp3) is 0.655. The molecule has 4 fully saturated rings. The van der Waals surface area contributed by atoms with E-state index in [1.165, 1.54) is 17.7 Å². The maximum absolute atomic E-state index is 13.0. The third kappa shape index (κ3) is 3.87. The number of rotatable bonds is 0. The van der Waals surface area contributed by atoms with Gasteiger partial charge >= 0.3 is 11.9 Å². The zero-order chi connectivity index (χ0) is 26.0. The van der Waals surface area contributed by atoms with Crippen LogP contribution in [-0.4, -0.2) is 67.6 Å². The third-order valence-corrected chi connectivity index (χ3v) is 9.58. The van der Waals surface area contributed by atoms with Crippen LogP contribution < -0.4 is 0 Å². The standard InChI is InChI=1S/C29H36O8/c1-17-9-10-28-15-32-25(31)12-18(2)13-26-34-19(3)20(35-26)7-5-6-8-24(30)37-21-14-23(36-22(28)11-17)29(16-33-29)27(21,28)4/h5-8,11-12,19-23,26H,9-10,13-16H2,1-4H3/b7-5+,8-6-,18-12-/t19?,20?,21-,22-,23-,26?,27-,28?,29+/m1/s1. The highest BCUT2D eigenvalue weighted by atomic mass is 16.7. The molecule has 0 N–H and O–H groups in total. The molecule has 1 saturated carbocycles. The van der Waals surface area contributed by atoms with Crippen molar-refractivity contribution in [3.8, 4) is 0 Å². The van der Waals surface area contributed by atoms with Crippen LogP contribution in [0.2, 0.25) is 0 Å². The Labute approximate surface area is 217 Å². The third-order valence-electron chi connectivity index (χ3n) is 9.58. The zero-order valence-electron chi connectivity index (χ0n) is 21.9. The molecular weight excluding hydrogens is 476 g/mol. The van der Waals surface area contributed by atoms with Crippen LogP contribution in [0.4, 0.5) is 0 Å². The van der Waals surface area contributed by atoms with Gasteiger partial charge in [-0.25, -0.2) is 9.59 Å². The highest BCUT2D eigenvalue weighted by molar-refractivity contribution is 5.83. The van der Waals surface area contributed by atoms with Gasteiger partial charge in [0.15, 0.2) is 6.29 Å². The Hall–Kier alpha value is -2.26. The highest BCUT2D eigenvalue weighted by Crippen LogP contribution is 2.72. The van der Waals surface area contributed by atoms with Crippen LogP contribution in [0.25, 0.3) is 0 Å². The fourth-order valence-electron chi connectivity index (χ4n) is 7.32. The molecule has 8 heteroatoms. The first-order valence-electron chi connectivity index (χ1n) is 13.3. The van der Waals surface area contributed by atoms with Crippen LogP contribution in [0, 0.1) is 10.8 Å². The van der Waals surface area contributed by atoms with E-state index in [1.54, 1.807) is 12.2 Å². The monoisotopic (exact) mass is 512 g/mol. The average Bonchev–Trinajstić information content (AvgIpc) is 3.54. The van der Waals surface area contributed by atoms with Crippen molar-refractivity contribution in [2.45, 2.75) is 95.8 Å². The smallest absolute Gasteiger partial charge is 0.331 e. The SMILES string of the molecule is CC1=C[C@H]2O[C@@H]3C[C@H]4OC(=O)/C=C\C=C\C5OC(C/C(C)=C\C(=O)OCC2(CC1)[C@]4(C)[C@]31CO1)OC5C. The van der Waals surface area contributed by atoms with Crippen LogP contribution in [0.5, 0.6) is 0 Å². The molecule has 37 heavy (non-hydrogen) atoms. The van der Waals surface area contributed by atoms with Crippen molar-refractivity contribution in [2.75, 3.05) is 13.2 Å². The van der Waals surface area contributed by atoms with Gasteiger partial charge in [0.05, 0.1) is 30.3 Å². The van der Waals surface area contributed by atoms with Gasteiger partial charge in [-0.05, 0) is 33.6 Å². The summed E-state index contributed by atoms with van der Waals surface area (Å²) in [4.78, 5) is 26.0. The van der Waals surface area contributed by atoms with E-state index in [9.17, 15) is 9.59 Å². The Kier molecular flexibility index (Phi) is 6.02. The van der Waals surface area contributed by atoms with Crippen molar-refractivity contribution in [2.24, 2.45) is 10.8 Å². The molecule has 4 bridgehead atoms. The van der Waals surface area contributed by atoms with Gasteiger partial charge in [0, 0.05) is 30.4 Å². The Morgan fingerprint density at radius 3 is 2.57 bits per heavy atom. The van der Waals surface area contributed by atoms with Gasteiger partial charge in [-0.2, -0.15) is 0 Å². The quantitative estimate of drug-likeness (QED) is 0.276. The van der Waals surface area contributed by atoms with Crippen molar-refractivity contribution < 1.29 is 38.0 Å². The number of carbonyl (C=O) groups excluding carboxylic acids is 2. The Morgan fingerprint density at radius 1 is 0.973 bits per heavy atom. The summed E-state index contributed by atoms with van der Waals surface area (Å²) >= 11 is 0. The van der Waals surface area contributed by atoms with Crippen LogP contribution in [0.3, 0.4) is 0 Å². The normalized spacial score (nSPS) is 50.5. The lowest BCUT2D eigenvalue weighted by Crippen LogP contribution is -2.66. The van der Waals surface area contributed by atoms with Crippen molar-refractivity contribution in [3.05, 3.63) is 47.6 Å². The Balaban J connectivity index is 1.37. The molecule has 0 aromatic rings. The number of ether oxygens (including phenoxy) is 6. The van der Waals surface area contributed by atoms with E-state index in [-0.39, 0.29) is 31.0 Å². The molecule has 4 aliphatic heterocycles. The number of fused-ring (bicyclic) bond motifs is 2. The zero-order valence-corrected chi connectivity index (χ0v) is 21.9. The predicted octanol–water partition coefficient (Wildman–Crippen LogP) is 3.71. The van der Waals surface area contributed by atoms with Gasteiger partial charge in [-0.1, -0.05) is 42.4 Å². The molecule has 0 aromatic heterocycles. The summed E-state index contributed by atoms with van der Waals surface area (Å²) in [5, 5.41) is 0. The lowest BCUT2D eigenvalue weighted by molar-refractivity contribution is -0.232. The molecule has 200 valence electrons. The van der Waals surface area contributed by atoms with E-state index in [4.69, 9.17) is 28.4 Å². The number of carbonyl (C=O) groups is 2. The highest BCUT2D eigenvalue weighted by Gasteiger charge is 2.83.